The number of aryl methyl sites for hydroxylation is 2. The normalized spacial score (nSPS) is 10.9. The number of nitrogens with zero attached hydrogens (tertiary/aromatic N) is 4. The first-order valence-electron chi connectivity index (χ1n) is 9.97. The van der Waals surface area contributed by atoms with E-state index in [4.69, 9.17) is 0 Å². The van der Waals surface area contributed by atoms with Gasteiger partial charge in [-0.2, -0.15) is 0 Å². The molecule has 0 atom stereocenters. The first kappa shape index (κ1) is 19.6. The van der Waals surface area contributed by atoms with E-state index in [1.54, 1.807) is 6.20 Å². The van der Waals surface area contributed by atoms with E-state index in [0.717, 1.165) is 29.4 Å². The van der Waals surface area contributed by atoms with E-state index in [9.17, 15) is 4.79 Å². The number of hydrogen-bond acceptors (Lipinski definition) is 5. The van der Waals surface area contributed by atoms with Crippen LogP contribution in [0.2, 0.25) is 0 Å². The van der Waals surface area contributed by atoms with Crippen LogP contribution in [0.1, 0.15) is 29.6 Å². The van der Waals surface area contributed by atoms with Gasteiger partial charge in [-0.1, -0.05) is 31.2 Å². The van der Waals surface area contributed by atoms with Gasteiger partial charge in [0.2, 0.25) is 0 Å². The third-order valence-corrected chi connectivity index (χ3v) is 4.94. The van der Waals surface area contributed by atoms with Crippen LogP contribution < -0.4 is 10.9 Å². The molecular weight excluding hydrogens is 376 g/mol. The lowest BCUT2D eigenvalue weighted by Crippen LogP contribution is -2.10. The molecule has 0 amide bonds. The summed E-state index contributed by atoms with van der Waals surface area (Å²) in [5, 5.41) is 3.35. The number of aromatic nitrogens is 5. The summed E-state index contributed by atoms with van der Waals surface area (Å²) < 4.78 is 2.12. The van der Waals surface area contributed by atoms with Gasteiger partial charge in [0.15, 0.2) is 0 Å². The largest absolute Gasteiger partial charge is 0.366 e. The molecule has 0 fully saturated rings. The van der Waals surface area contributed by atoms with Gasteiger partial charge in [-0.25, -0.2) is 15.0 Å². The van der Waals surface area contributed by atoms with Gasteiger partial charge in [0, 0.05) is 49.0 Å². The van der Waals surface area contributed by atoms with Gasteiger partial charge in [0.05, 0.1) is 0 Å². The number of imidazole rings is 1. The van der Waals surface area contributed by atoms with E-state index in [-0.39, 0.29) is 5.56 Å². The number of pyridine rings is 1. The number of hydrogen-bond donors (Lipinski definition) is 2. The van der Waals surface area contributed by atoms with Crippen LogP contribution in [0, 0.1) is 6.92 Å². The van der Waals surface area contributed by atoms with Crippen molar-refractivity contribution in [3.05, 3.63) is 94.1 Å². The maximum Gasteiger partial charge on any atom is 0.251 e. The Hall–Kier alpha value is -3.74. The van der Waals surface area contributed by atoms with E-state index in [1.807, 2.05) is 38.4 Å². The minimum Gasteiger partial charge on any atom is -0.366 e. The van der Waals surface area contributed by atoms with Gasteiger partial charge in [0.1, 0.15) is 17.5 Å². The monoisotopic (exact) mass is 400 g/mol. The summed E-state index contributed by atoms with van der Waals surface area (Å²) in [7, 11) is 0. The van der Waals surface area contributed by atoms with Crippen molar-refractivity contribution in [1.82, 2.24) is 24.5 Å². The Morgan fingerprint density at radius 1 is 1.10 bits per heavy atom. The number of aromatic amines is 1. The smallest absolute Gasteiger partial charge is 0.251 e. The highest BCUT2D eigenvalue weighted by Gasteiger charge is 2.05. The Bertz CT molecular complexity index is 1190. The molecule has 0 saturated heterocycles. The fraction of sp³-hybridized carbons (Fsp3) is 0.217. The van der Waals surface area contributed by atoms with E-state index in [2.05, 4.69) is 54.1 Å². The second-order valence-electron chi connectivity index (χ2n) is 7.15. The average Bonchev–Trinajstić information content (AvgIpc) is 3.16. The third kappa shape index (κ3) is 4.63. The molecule has 0 spiro atoms. The first-order chi connectivity index (χ1) is 14.6. The van der Waals surface area contributed by atoms with Crippen LogP contribution in [-0.4, -0.2) is 24.5 Å². The van der Waals surface area contributed by atoms with Crippen molar-refractivity contribution in [2.75, 3.05) is 5.32 Å². The molecule has 4 aromatic rings. The maximum atomic E-state index is 11.8. The Morgan fingerprint density at radius 2 is 1.97 bits per heavy atom. The first-order valence-corrected chi connectivity index (χ1v) is 9.97. The summed E-state index contributed by atoms with van der Waals surface area (Å²) in [5.41, 5.74) is 3.81. The number of H-pyrrole nitrogens is 1. The zero-order valence-corrected chi connectivity index (χ0v) is 17.1. The molecule has 0 unspecified atom stereocenters. The van der Waals surface area contributed by atoms with Crippen LogP contribution >= 0.6 is 0 Å². The van der Waals surface area contributed by atoms with Gasteiger partial charge in [-0.05, 0) is 36.6 Å². The summed E-state index contributed by atoms with van der Waals surface area (Å²) >= 11 is 0. The molecule has 4 rings (SSSR count). The summed E-state index contributed by atoms with van der Waals surface area (Å²) in [5.74, 6) is 2.31. The molecule has 0 aliphatic rings. The third-order valence-electron chi connectivity index (χ3n) is 4.94. The highest BCUT2D eigenvalue weighted by Crippen LogP contribution is 2.16. The van der Waals surface area contributed by atoms with Crippen LogP contribution in [0.25, 0.3) is 11.4 Å². The van der Waals surface area contributed by atoms with Gasteiger partial charge in [0.25, 0.3) is 5.56 Å². The standard InChI is InChI=1S/C23H24N6O/c1-3-20-12-22(30)28-23(27-20)19-7-8-21(26-14-19)25-13-17-5-4-6-18(11-17)15-29-10-9-24-16(29)2/h4-12,14H,3,13,15H2,1-2H3,(H,25,26)(H,27,28,30). The number of benzene rings is 1. The van der Waals surface area contributed by atoms with Crippen LogP contribution in [0.5, 0.6) is 0 Å². The summed E-state index contributed by atoms with van der Waals surface area (Å²) in [6, 6.07) is 13.8. The number of rotatable bonds is 7. The quantitative estimate of drug-likeness (QED) is 0.495. The van der Waals surface area contributed by atoms with Crippen molar-refractivity contribution in [2.45, 2.75) is 33.4 Å². The van der Waals surface area contributed by atoms with Crippen molar-refractivity contribution >= 4 is 5.82 Å². The second kappa shape index (κ2) is 8.73. The Morgan fingerprint density at radius 3 is 2.70 bits per heavy atom. The molecule has 0 radical (unpaired) electrons. The topological polar surface area (TPSA) is 88.5 Å². The maximum absolute atomic E-state index is 11.8. The molecule has 0 bridgehead atoms. The molecule has 3 aromatic heterocycles. The van der Waals surface area contributed by atoms with Crippen LogP contribution in [0.15, 0.2) is 65.8 Å². The second-order valence-corrected chi connectivity index (χ2v) is 7.15. The van der Waals surface area contributed by atoms with Crippen molar-refractivity contribution < 1.29 is 0 Å². The highest BCUT2D eigenvalue weighted by atomic mass is 16.1. The lowest BCUT2D eigenvalue weighted by Gasteiger charge is -2.10. The van der Waals surface area contributed by atoms with E-state index < -0.39 is 0 Å². The van der Waals surface area contributed by atoms with E-state index >= 15 is 0 Å². The predicted molar refractivity (Wildman–Crippen MR) is 117 cm³/mol. The lowest BCUT2D eigenvalue weighted by molar-refractivity contribution is 0.760. The van der Waals surface area contributed by atoms with Crippen LogP contribution in [-0.2, 0) is 19.5 Å². The number of anilines is 1. The predicted octanol–water partition coefficient (Wildman–Crippen LogP) is 3.56. The van der Waals surface area contributed by atoms with Crippen molar-refractivity contribution in [2.24, 2.45) is 0 Å². The summed E-state index contributed by atoms with van der Waals surface area (Å²) in [6.07, 6.45) is 6.24. The van der Waals surface area contributed by atoms with E-state index in [0.29, 0.717) is 18.8 Å². The molecule has 7 heteroatoms. The molecule has 0 saturated carbocycles. The minimum atomic E-state index is -0.148. The van der Waals surface area contributed by atoms with Gasteiger partial charge < -0.3 is 14.9 Å². The van der Waals surface area contributed by atoms with Gasteiger partial charge in [-0.15, -0.1) is 0 Å². The molecule has 0 aliphatic carbocycles. The van der Waals surface area contributed by atoms with Gasteiger partial charge >= 0.3 is 0 Å². The van der Waals surface area contributed by atoms with Crippen molar-refractivity contribution in [3.8, 4) is 11.4 Å². The Kier molecular flexibility index (Phi) is 5.70. The molecule has 152 valence electrons. The Labute approximate surface area is 174 Å². The summed E-state index contributed by atoms with van der Waals surface area (Å²) in [6.45, 7) is 5.45. The zero-order valence-electron chi connectivity index (χ0n) is 17.1. The van der Waals surface area contributed by atoms with Crippen LogP contribution in [0.4, 0.5) is 5.82 Å². The Balaban J connectivity index is 1.42. The lowest BCUT2D eigenvalue weighted by atomic mass is 10.1. The molecule has 7 nitrogen and oxygen atoms in total. The van der Waals surface area contributed by atoms with Crippen molar-refractivity contribution in [1.29, 1.82) is 0 Å². The van der Waals surface area contributed by atoms with Gasteiger partial charge in [-0.3, -0.25) is 4.79 Å². The molecule has 30 heavy (non-hydrogen) atoms. The molecule has 1 aromatic carbocycles. The number of nitrogens with one attached hydrogen (secondary N) is 2. The van der Waals surface area contributed by atoms with Crippen molar-refractivity contribution in [3.63, 3.8) is 0 Å². The molecule has 3 heterocycles. The molecular formula is C23H24N6O. The van der Waals surface area contributed by atoms with E-state index in [1.165, 1.54) is 17.2 Å². The van der Waals surface area contributed by atoms with Crippen LogP contribution in [0.3, 0.4) is 0 Å². The molecule has 0 aliphatic heterocycles. The SMILES string of the molecule is CCc1cc(=O)[nH]c(-c2ccc(NCc3cccc(Cn4ccnc4C)c3)nc2)n1. The summed E-state index contributed by atoms with van der Waals surface area (Å²) in [4.78, 5) is 27.8. The molecule has 2 N–H and O–H groups in total. The zero-order chi connectivity index (χ0) is 20.9. The fourth-order valence-corrected chi connectivity index (χ4v) is 3.26. The fourth-order valence-electron chi connectivity index (χ4n) is 3.26. The highest BCUT2D eigenvalue weighted by molar-refractivity contribution is 5.56. The minimum absolute atomic E-state index is 0.148. The average molecular weight is 400 g/mol.